The van der Waals surface area contributed by atoms with Crippen LogP contribution in [0.15, 0.2) is 28.7 Å². The SMILES string of the molecule is CNC(Cc1nc2ccccc2o1)C(C)C. The molecular formula is C13H18N2O. The minimum absolute atomic E-state index is 0.410. The van der Waals surface area contributed by atoms with E-state index >= 15 is 0 Å². The highest BCUT2D eigenvalue weighted by molar-refractivity contribution is 5.72. The van der Waals surface area contributed by atoms with Crippen LogP contribution in [0, 0.1) is 5.92 Å². The number of hydrogen-bond donors (Lipinski definition) is 1. The lowest BCUT2D eigenvalue weighted by Crippen LogP contribution is -2.32. The number of aromatic nitrogens is 1. The van der Waals surface area contributed by atoms with Gasteiger partial charge >= 0.3 is 0 Å². The number of nitrogens with zero attached hydrogens (tertiary/aromatic N) is 1. The Morgan fingerprint density at radius 3 is 2.69 bits per heavy atom. The molecule has 2 rings (SSSR count). The van der Waals surface area contributed by atoms with Crippen molar-refractivity contribution in [3.8, 4) is 0 Å². The van der Waals surface area contributed by atoms with Crippen LogP contribution in [0.2, 0.25) is 0 Å². The Morgan fingerprint density at radius 1 is 1.31 bits per heavy atom. The van der Waals surface area contributed by atoms with E-state index in [1.165, 1.54) is 0 Å². The molecule has 0 saturated heterocycles. The van der Waals surface area contributed by atoms with E-state index in [0.717, 1.165) is 23.4 Å². The Bertz CT molecular complexity index is 429. The van der Waals surface area contributed by atoms with E-state index in [1.807, 2.05) is 31.3 Å². The minimum Gasteiger partial charge on any atom is -0.441 e. The van der Waals surface area contributed by atoms with Crippen molar-refractivity contribution in [2.45, 2.75) is 26.3 Å². The summed E-state index contributed by atoms with van der Waals surface area (Å²) in [5, 5.41) is 3.29. The van der Waals surface area contributed by atoms with Crippen LogP contribution in [0.5, 0.6) is 0 Å². The molecular weight excluding hydrogens is 200 g/mol. The van der Waals surface area contributed by atoms with Crippen LogP contribution in [0.25, 0.3) is 11.1 Å². The largest absolute Gasteiger partial charge is 0.441 e. The normalized spacial score (nSPS) is 13.5. The van der Waals surface area contributed by atoms with Gasteiger partial charge in [0, 0.05) is 12.5 Å². The van der Waals surface area contributed by atoms with Gasteiger partial charge in [-0.1, -0.05) is 26.0 Å². The molecule has 0 aliphatic carbocycles. The Morgan fingerprint density at radius 2 is 2.06 bits per heavy atom. The second-order valence-electron chi connectivity index (χ2n) is 4.42. The van der Waals surface area contributed by atoms with E-state index in [-0.39, 0.29) is 0 Å². The van der Waals surface area contributed by atoms with Crippen LogP contribution in [-0.2, 0) is 6.42 Å². The predicted molar refractivity (Wildman–Crippen MR) is 65.4 cm³/mol. The summed E-state index contributed by atoms with van der Waals surface area (Å²) in [5.41, 5.74) is 1.81. The molecule has 0 radical (unpaired) electrons. The van der Waals surface area contributed by atoms with Gasteiger partial charge in [-0.25, -0.2) is 4.98 Å². The van der Waals surface area contributed by atoms with Gasteiger partial charge in [-0.2, -0.15) is 0 Å². The molecule has 1 N–H and O–H groups in total. The van der Waals surface area contributed by atoms with E-state index in [9.17, 15) is 0 Å². The van der Waals surface area contributed by atoms with Crippen LogP contribution < -0.4 is 5.32 Å². The first-order valence-corrected chi connectivity index (χ1v) is 5.72. The summed E-state index contributed by atoms with van der Waals surface area (Å²) in [6.07, 6.45) is 0.836. The van der Waals surface area contributed by atoms with Gasteiger partial charge in [0.15, 0.2) is 11.5 Å². The molecule has 3 heteroatoms. The van der Waals surface area contributed by atoms with Gasteiger partial charge in [0.05, 0.1) is 0 Å². The number of nitrogens with one attached hydrogen (secondary N) is 1. The summed E-state index contributed by atoms with van der Waals surface area (Å²) in [6.45, 7) is 4.40. The molecule has 1 aromatic heterocycles. The van der Waals surface area contributed by atoms with Gasteiger partial charge in [-0.15, -0.1) is 0 Å². The van der Waals surface area contributed by atoms with Crippen molar-refractivity contribution in [3.63, 3.8) is 0 Å². The average Bonchev–Trinajstić information content (AvgIpc) is 2.67. The van der Waals surface area contributed by atoms with Gasteiger partial charge in [-0.3, -0.25) is 0 Å². The van der Waals surface area contributed by atoms with Gasteiger partial charge < -0.3 is 9.73 Å². The van der Waals surface area contributed by atoms with Crippen LogP contribution in [0.4, 0.5) is 0 Å². The van der Waals surface area contributed by atoms with Crippen molar-refractivity contribution >= 4 is 11.1 Å². The van der Waals surface area contributed by atoms with Crippen molar-refractivity contribution in [2.24, 2.45) is 5.92 Å². The number of para-hydroxylation sites is 2. The van der Waals surface area contributed by atoms with E-state index in [1.54, 1.807) is 0 Å². The summed E-state index contributed by atoms with van der Waals surface area (Å²) in [5.74, 6) is 1.38. The Labute approximate surface area is 95.9 Å². The molecule has 0 bridgehead atoms. The van der Waals surface area contributed by atoms with E-state index in [0.29, 0.717) is 12.0 Å². The Balaban J connectivity index is 2.20. The number of fused-ring (bicyclic) bond motifs is 1. The first kappa shape index (κ1) is 11.1. The quantitative estimate of drug-likeness (QED) is 0.857. The molecule has 3 nitrogen and oxygen atoms in total. The van der Waals surface area contributed by atoms with Gasteiger partial charge in [0.1, 0.15) is 5.52 Å². The van der Waals surface area contributed by atoms with E-state index in [2.05, 4.69) is 24.1 Å². The number of likely N-dealkylation sites (N-methyl/N-ethyl adjacent to an activating group) is 1. The van der Waals surface area contributed by atoms with Crippen molar-refractivity contribution in [2.75, 3.05) is 7.05 Å². The fourth-order valence-corrected chi connectivity index (χ4v) is 1.87. The third-order valence-electron chi connectivity index (χ3n) is 2.91. The second-order valence-corrected chi connectivity index (χ2v) is 4.42. The zero-order chi connectivity index (χ0) is 11.5. The van der Waals surface area contributed by atoms with Crippen molar-refractivity contribution in [3.05, 3.63) is 30.2 Å². The third-order valence-corrected chi connectivity index (χ3v) is 2.91. The smallest absolute Gasteiger partial charge is 0.197 e. The molecule has 0 fully saturated rings. The molecule has 86 valence electrons. The Hall–Kier alpha value is -1.35. The molecule has 0 spiro atoms. The topological polar surface area (TPSA) is 38.1 Å². The number of oxazole rings is 1. The molecule has 1 heterocycles. The predicted octanol–water partition coefficient (Wildman–Crippen LogP) is 2.61. The van der Waals surface area contributed by atoms with Crippen molar-refractivity contribution in [1.29, 1.82) is 0 Å². The zero-order valence-electron chi connectivity index (χ0n) is 10.0. The van der Waals surface area contributed by atoms with Gasteiger partial charge in [0.25, 0.3) is 0 Å². The lowest BCUT2D eigenvalue weighted by atomic mass is 10.0. The van der Waals surface area contributed by atoms with E-state index < -0.39 is 0 Å². The molecule has 16 heavy (non-hydrogen) atoms. The molecule has 1 atom stereocenters. The van der Waals surface area contributed by atoms with Crippen molar-refractivity contribution < 1.29 is 4.42 Å². The number of benzene rings is 1. The van der Waals surface area contributed by atoms with Crippen LogP contribution >= 0.6 is 0 Å². The standard InChI is InChI=1S/C13H18N2O/c1-9(2)11(14-3)8-13-15-10-6-4-5-7-12(10)16-13/h4-7,9,11,14H,8H2,1-3H3. The fraction of sp³-hybridized carbons (Fsp3) is 0.462. The van der Waals surface area contributed by atoms with Crippen molar-refractivity contribution in [1.82, 2.24) is 10.3 Å². The third kappa shape index (κ3) is 2.25. The number of rotatable bonds is 4. The molecule has 1 unspecified atom stereocenters. The van der Waals surface area contributed by atoms with Crippen LogP contribution in [0.3, 0.4) is 0 Å². The van der Waals surface area contributed by atoms with E-state index in [4.69, 9.17) is 4.42 Å². The van der Waals surface area contributed by atoms with Crippen LogP contribution in [0.1, 0.15) is 19.7 Å². The summed E-state index contributed by atoms with van der Waals surface area (Å²) in [4.78, 5) is 4.48. The monoisotopic (exact) mass is 218 g/mol. The highest BCUT2D eigenvalue weighted by atomic mass is 16.3. The molecule has 1 aromatic carbocycles. The molecule has 0 aliphatic rings. The number of hydrogen-bond acceptors (Lipinski definition) is 3. The maximum absolute atomic E-state index is 5.70. The maximum atomic E-state index is 5.70. The molecule has 0 aliphatic heterocycles. The fourth-order valence-electron chi connectivity index (χ4n) is 1.87. The zero-order valence-corrected chi connectivity index (χ0v) is 10.0. The summed E-state index contributed by atoms with van der Waals surface area (Å²) < 4.78 is 5.70. The molecule has 0 saturated carbocycles. The first-order chi connectivity index (χ1) is 7.70. The molecule has 0 amide bonds. The highest BCUT2D eigenvalue weighted by Crippen LogP contribution is 2.17. The minimum atomic E-state index is 0.410. The second kappa shape index (κ2) is 4.66. The summed E-state index contributed by atoms with van der Waals surface area (Å²) >= 11 is 0. The van der Waals surface area contributed by atoms with Crippen LogP contribution in [-0.4, -0.2) is 18.1 Å². The molecule has 2 aromatic rings. The maximum Gasteiger partial charge on any atom is 0.197 e. The highest BCUT2D eigenvalue weighted by Gasteiger charge is 2.15. The summed E-state index contributed by atoms with van der Waals surface area (Å²) in [7, 11) is 1.98. The first-order valence-electron chi connectivity index (χ1n) is 5.72. The van der Waals surface area contributed by atoms with Gasteiger partial charge in [0.2, 0.25) is 0 Å². The average molecular weight is 218 g/mol. The lowest BCUT2D eigenvalue weighted by Gasteiger charge is -2.17. The summed E-state index contributed by atoms with van der Waals surface area (Å²) in [6, 6.07) is 8.29. The van der Waals surface area contributed by atoms with Gasteiger partial charge in [-0.05, 0) is 25.1 Å². The Kier molecular flexibility index (Phi) is 3.25. The lowest BCUT2D eigenvalue weighted by molar-refractivity contribution is 0.387.